The van der Waals surface area contributed by atoms with E-state index in [1.54, 1.807) is 6.07 Å². The minimum Gasteiger partial charge on any atom is -0.507 e. The van der Waals surface area contributed by atoms with Gasteiger partial charge in [-0.1, -0.05) is 53.5 Å². The Balaban J connectivity index is 1.75. The molecule has 0 unspecified atom stereocenters. The number of hydrogen-bond donors (Lipinski definition) is 2. The van der Waals surface area contributed by atoms with Crippen molar-refractivity contribution < 1.29 is 29.3 Å². The molecule has 3 aromatic rings. The molecule has 0 radical (unpaired) electrons. The number of halogens is 2. The predicted octanol–water partition coefficient (Wildman–Crippen LogP) is 6.00. The molecule has 0 atom stereocenters. The Morgan fingerprint density at radius 2 is 1.81 bits per heavy atom. The fourth-order valence-electron chi connectivity index (χ4n) is 3.00. The second kappa shape index (κ2) is 10.9. The van der Waals surface area contributed by atoms with E-state index >= 15 is 0 Å². The highest BCUT2D eigenvalue weighted by Crippen LogP contribution is 2.35. The second-order valence-electron chi connectivity index (χ2n) is 6.90. The van der Waals surface area contributed by atoms with Gasteiger partial charge in [-0.25, -0.2) is 0 Å². The summed E-state index contributed by atoms with van der Waals surface area (Å²) in [5.74, 6) is -0.236. The van der Waals surface area contributed by atoms with Crippen molar-refractivity contribution in [3.63, 3.8) is 0 Å². The lowest BCUT2D eigenvalue weighted by molar-refractivity contribution is -0.137. The van der Waals surface area contributed by atoms with Gasteiger partial charge in [0.25, 0.3) is 0 Å². The zero-order chi connectivity index (χ0) is 23.1. The van der Waals surface area contributed by atoms with Gasteiger partial charge in [-0.3, -0.25) is 9.59 Å². The quantitative estimate of drug-likeness (QED) is 0.276. The van der Waals surface area contributed by atoms with Crippen LogP contribution in [0.3, 0.4) is 0 Å². The summed E-state index contributed by atoms with van der Waals surface area (Å²) in [6, 6.07) is 15.5. The molecule has 0 aliphatic heterocycles. The van der Waals surface area contributed by atoms with Crippen molar-refractivity contribution in [2.75, 3.05) is 6.61 Å². The minimum atomic E-state index is -0.857. The molecule has 0 fully saturated rings. The molecule has 6 nitrogen and oxygen atoms in total. The third-order valence-electron chi connectivity index (χ3n) is 4.62. The molecule has 32 heavy (non-hydrogen) atoms. The molecule has 0 spiro atoms. The number of benzene rings is 3. The highest BCUT2D eigenvalue weighted by atomic mass is 35.5. The van der Waals surface area contributed by atoms with Crippen molar-refractivity contribution in [2.45, 2.75) is 19.4 Å². The monoisotopic (exact) mass is 474 g/mol. The standard InChI is InChI=1S/C24H20Cl2O6/c25-20-11-17(13-27)21(28)12-22(20)32-14-16-5-2-7-19(24(16)26)15-4-1-6-18(10-15)31-9-3-8-23(29)30/h1-2,4-7,10-13,28H,3,8-9,14H2,(H,29,30). The lowest BCUT2D eigenvalue weighted by Gasteiger charge is -2.13. The van der Waals surface area contributed by atoms with Crippen molar-refractivity contribution in [1.29, 1.82) is 0 Å². The van der Waals surface area contributed by atoms with Gasteiger partial charge in [-0.15, -0.1) is 0 Å². The van der Waals surface area contributed by atoms with Gasteiger partial charge in [0.05, 0.1) is 22.2 Å². The zero-order valence-electron chi connectivity index (χ0n) is 16.9. The van der Waals surface area contributed by atoms with Crippen molar-refractivity contribution in [1.82, 2.24) is 0 Å². The molecule has 166 valence electrons. The zero-order valence-corrected chi connectivity index (χ0v) is 18.4. The molecule has 0 bridgehead atoms. The summed E-state index contributed by atoms with van der Waals surface area (Å²) < 4.78 is 11.4. The SMILES string of the molecule is O=Cc1cc(Cl)c(OCc2cccc(-c3cccc(OCCCC(=O)O)c3)c2Cl)cc1O. The molecule has 0 saturated carbocycles. The average Bonchev–Trinajstić information content (AvgIpc) is 2.78. The van der Waals surface area contributed by atoms with E-state index in [0.29, 0.717) is 35.6 Å². The van der Waals surface area contributed by atoms with E-state index in [4.69, 9.17) is 37.8 Å². The summed E-state index contributed by atoms with van der Waals surface area (Å²) >= 11 is 12.8. The van der Waals surface area contributed by atoms with E-state index in [-0.39, 0.29) is 35.1 Å². The Morgan fingerprint density at radius 1 is 1.03 bits per heavy atom. The second-order valence-corrected chi connectivity index (χ2v) is 7.69. The number of aldehydes is 1. The van der Waals surface area contributed by atoms with Crippen LogP contribution in [0, 0.1) is 0 Å². The lowest BCUT2D eigenvalue weighted by Crippen LogP contribution is -2.02. The number of aliphatic carboxylic acids is 1. The van der Waals surface area contributed by atoms with Gasteiger partial charge >= 0.3 is 5.97 Å². The van der Waals surface area contributed by atoms with Gasteiger partial charge in [0.2, 0.25) is 0 Å². The lowest BCUT2D eigenvalue weighted by atomic mass is 10.0. The number of phenolic OH excluding ortho intramolecular Hbond substituents is 1. The fourth-order valence-corrected chi connectivity index (χ4v) is 3.52. The molecule has 0 aliphatic carbocycles. The first kappa shape index (κ1) is 23.4. The van der Waals surface area contributed by atoms with Gasteiger partial charge < -0.3 is 19.7 Å². The number of hydrogen-bond acceptors (Lipinski definition) is 5. The molecule has 0 amide bonds. The first-order valence-electron chi connectivity index (χ1n) is 9.72. The molecular formula is C24H20Cl2O6. The van der Waals surface area contributed by atoms with Crippen LogP contribution in [-0.4, -0.2) is 29.1 Å². The Kier molecular flexibility index (Phi) is 7.98. The van der Waals surface area contributed by atoms with Gasteiger partial charge in [-0.2, -0.15) is 0 Å². The van der Waals surface area contributed by atoms with Crippen LogP contribution < -0.4 is 9.47 Å². The van der Waals surface area contributed by atoms with Gasteiger partial charge in [0, 0.05) is 23.6 Å². The van der Waals surface area contributed by atoms with E-state index in [2.05, 4.69) is 0 Å². The van der Waals surface area contributed by atoms with Crippen molar-refractivity contribution >= 4 is 35.5 Å². The van der Waals surface area contributed by atoms with Gasteiger partial charge in [0.1, 0.15) is 23.9 Å². The molecule has 8 heteroatoms. The van der Waals surface area contributed by atoms with E-state index in [1.807, 2.05) is 36.4 Å². The van der Waals surface area contributed by atoms with Crippen LogP contribution in [0.4, 0.5) is 0 Å². The van der Waals surface area contributed by atoms with Crippen molar-refractivity contribution in [3.8, 4) is 28.4 Å². The smallest absolute Gasteiger partial charge is 0.303 e. The third-order valence-corrected chi connectivity index (χ3v) is 5.36. The summed E-state index contributed by atoms with van der Waals surface area (Å²) in [5.41, 5.74) is 2.38. The summed E-state index contributed by atoms with van der Waals surface area (Å²) in [5, 5.41) is 19.3. The van der Waals surface area contributed by atoms with E-state index in [9.17, 15) is 14.7 Å². The van der Waals surface area contributed by atoms with Gasteiger partial charge in [0.15, 0.2) is 6.29 Å². The number of carbonyl (C=O) groups excluding carboxylic acids is 1. The number of carbonyl (C=O) groups is 2. The highest BCUT2D eigenvalue weighted by molar-refractivity contribution is 6.34. The number of carboxylic acids is 1. The molecule has 0 aromatic heterocycles. The Labute approximate surface area is 194 Å². The summed E-state index contributed by atoms with van der Waals surface area (Å²) in [4.78, 5) is 21.5. The molecule has 3 aromatic carbocycles. The fraction of sp³-hybridized carbons (Fsp3) is 0.167. The number of phenols is 1. The predicted molar refractivity (Wildman–Crippen MR) is 122 cm³/mol. The molecule has 2 N–H and O–H groups in total. The average molecular weight is 475 g/mol. The van der Waals surface area contributed by atoms with E-state index in [0.717, 1.165) is 11.1 Å². The maximum Gasteiger partial charge on any atom is 0.303 e. The van der Waals surface area contributed by atoms with Crippen LogP contribution in [0.1, 0.15) is 28.8 Å². The number of rotatable bonds is 10. The number of ether oxygens (including phenoxy) is 2. The Bertz CT molecular complexity index is 1130. The van der Waals surface area contributed by atoms with Crippen LogP contribution in [0.2, 0.25) is 10.0 Å². The first-order chi connectivity index (χ1) is 15.4. The topological polar surface area (TPSA) is 93.1 Å². The van der Waals surface area contributed by atoms with E-state index < -0.39 is 5.97 Å². The number of carboxylic acid groups (broad SMARTS) is 1. The normalized spacial score (nSPS) is 10.6. The van der Waals surface area contributed by atoms with Crippen molar-refractivity contribution in [3.05, 3.63) is 75.8 Å². The van der Waals surface area contributed by atoms with Crippen LogP contribution in [0.5, 0.6) is 17.2 Å². The largest absolute Gasteiger partial charge is 0.507 e. The van der Waals surface area contributed by atoms with Gasteiger partial charge in [-0.05, 0) is 30.2 Å². The minimum absolute atomic E-state index is 0.0488. The molecule has 0 aliphatic rings. The molecule has 0 heterocycles. The van der Waals surface area contributed by atoms with Crippen LogP contribution in [-0.2, 0) is 11.4 Å². The number of aromatic hydroxyl groups is 1. The maximum absolute atomic E-state index is 10.9. The molecular weight excluding hydrogens is 455 g/mol. The van der Waals surface area contributed by atoms with E-state index in [1.165, 1.54) is 12.1 Å². The highest BCUT2D eigenvalue weighted by Gasteiger charge is 2.13. The van der Waals surface area contributed by atoms with Crippen LogP contribution in [0.15, 0.2) is 54.6 Å². The van der Waals surface area contributed by atoms with Crippen LogP contribution in [0.25, 0.3) is 11.1 Å². The molecule has 3 rings (SSSR count). The molecule has 0 saturated heterocycles. The third kappa shape index (κ3) is 5.93. The summed E-state index contributed by atoms with van der Waals surface area (Å²) in [7, 11) is 0. The summed E-state index contributed by atoms with van der Waals surface area (Å²) in [6.45, 7) is 0.394. The summed E-state index contributed by atoms with van der Waals surface area (Å²) in [6.07, 6.45) is 0.974. The first-order valence-corrected chi connectivity index (χ1v) is 10.5. The Hall–Kier alpha value is -3.22. The van der Waals surface area contributed by atoms with Crippen molar-refractivity contribution in [2.24, 2.45) is 0 Å². The Morgan fingerprint density at radius 3 is 2.56 bits per heavy atom. The maximum atomic E-state index is 10.9. The van der Waals surface area contributed by atoms with Crippen LogP contribution >= 0.6 is 23.2 Å².